The Labute approximate surface area is 86.1 Å². The van der Waals surface area contributed by atoms with Crippen LogP contribution in [0.25, 0.3) is 0 Å². The van der Waals surface area contributed by atoms with E-state index in [0.29, 0.717) is 12.3 Å². The molecule has 1 rings (SSSR count). The van der Waals surface area contributed by atoms with Crippen LogP contribution >= 0.6 is 0 Å². The van der Waals surface area contributed by atoms with Crippen molar-refractivity contribution in [2.75, 3.05) is 0 Å². The average molecular weight is 196 g/mol. The Morgan fingerprint density at radius 2 is 1.71 bits per heavy atom. The Bertz CT molecular complexity index is 212. The fraction of sp³-hybridized carbons (Fsp3) is 0.833. The minimum atomic E-state index is -0.146. The predicted molar refractivity (Wildman–Crippen MR) is 56.0 cm³/mol. The van der Waals surface area contributed by atoms with Crippen molar-refractivity contribution in [1.82, 2.24) is 0 Å². The Morgan fingerprint density at radius 1 is 1.14 bits per heavy atom. The highest BCUT2D eigenvalue weighted by atomic mass is 16.2. The molecule has 0 bridgehead atoms. The number of Topliss-reactive ketones (excluding diaryl/α,β-unsaturated/α-hetero) is 2. The van der Waals surface area contributed by atoms with Gasteiger partial charge in [0.1, 0.15) is 0 Å². The second-order valence-electron chi connectivity index (χ2n) is 4.72. The molecule has 0 aromatic heterocycles. The van der Waals surface area contributed by atoms with Crippen LogP contribution < -0.4 is 0 Å². The summed E-state index contributed by atoms with van der Waals surface area (Å²) in [5.74, 6) is 0.107. The highest BCUT2D eigenvalue weighted by Crippen LogP contribution is 2.25. The normalized spacial score (nSPS) is 18.5. The van der Waals surface area contributed by atoms with E-state index in [0.717, 1.165) is 25.7 Å². The first-order chi connectivity index (χ1) is 6.61. The summed E-state index contributed by atoms with van der Waals surface area (Å²) in [6, 6.07) is 0. The molecule has 0 aliphatic heterocycles. The van der Waals surface area contributed by atoms with Gasteiger partial charge in [-0.25, -0.2) is 0 Å². The summed E-state index contributed by atoms with van der Waals surface area (Å²) in [5, 5.41) is 0. The number of rotatable bonds is 4. The molecule has 0 spiro atoms. The summed E-state index contributed by atoms with van der Waals surface area (Å²) in [7, 11) is 0. The third-order valence-electron chi connectivity index (χ3n) is 2.84. The van der Waals surface area contributed by atoms with Crippen LogP contribution in [0.4, 0.5) is 0 Å². The van der Waals surface area contributed by atoms with Gasteiger partial charge in [0.25, 0.3) is 0 Å². The van der Waals surface area contributed by atoms with Crippen molar-refractivity contribution >= 4 is 11.6 Å². The largest absolute Gasteiger partial charge is 0.291 e. The van der Waals surface area contributed by atoms with Crippen LogP contribution in [0.2, 0.25) is 0 Å². The highest BCUT2D eigenvalue weighted by Gasteiger charge is 2.26. The summed E-state index contributed by atoms with van der Waals surface area (Å²) < 4.78 is 0. The molecule has 2 heteroatoms. The molecule has 80 valence electrons. The molecule has 0 atom stereocenters. The van der Waals surface area contributed by atoms with Crippen LogP contribution in [0, 0.1) is 11.8 Å². The lowest BCUT2D eigenvalue weighted by molar-refractivity contribution is -0.140. The van der Waals surface area contributed by atoms with Gasteiger partial charge in [-0.1, -0.05) is 33.1 Å². The zero-order chi connectivity index (χ0) is 10.6. The summed E-state index contributed by atoms with van der Waals surface area (Å²) in [4.78, 5) is 23.2. The van der Waals surface area contributed by atoms with Gasteiger partial charge < -0.3 is 0 Å². The summed E-state index contributed by atoms with van der Waals surface area (Å²) in [6.07, 6.45) is 5.75. The molecule has 0 radical (unpaired) electrons. The van der Waals surface area contributed by atoms with E-state index in [2.05, 4.69) is 0 Å². The Hall–Kier alpha value is -0.660. The van der Waals surface area contributed by atoms with Gasteiger partial charge in [-0.05, 0) is 18.8 Å². The van der Waals surface area contributed by atoms with Crippen LogP contribution in [0.15, 0.2) is 0 Å². The molecule has 0 saturated heterocycles. The Kier molecular flexibility index (Phi) is 4.30. The minimum absolute atomic E-state index is 0.0509. The third-order valence-corrected chi connectivity index (χ3v) is 2.84. The van der Waals surface area contributed by atoms with E-state index in [-0.39, 0.29) is 17.5 Å². The predicted octanol–water partition coefficient (Wildman–Crippen LogP) is 2.75. The molecule has 2 nitrogen and oxygen atoms in total. The first-order valence-corrected chi connectivity index (χ1v) is 5.68. The average Bonchev–Trinajstić information content (AvgIpc) is 2.17. The molecule has 1 fully saturated rings. The molecule has 1 aliphatic rings. The maximum atomic E-state index is 11.7. The lowest BCUT2D eigenvalue weighted by Crippen LogP contribution is -2.26. The van der Waals surface area contributed by atoms with E-state index >= 15 is 0 Å². The first kappa shape index (κ1) is 11.4. The molecular weight excluding hydrogens is 176 g/mol. The number of hydrogen-bond donors (Lipinski definition) is 0. The van der Waals surface area contributed by atoms with E-state index < -0.39 is 0 Å². The van der Waals surface area contributed by atoms with Crippen molar-refractivity contribution in [3.63, 3.8) is 0 Å². The van der Waals surface area contributed by atoms with Gasteiger partial charge in [-0.3, -0.25) is 9.59 Å². The second kappa shape index (κ2) is 5.28. The van der Waals surface area contributed by atoms with E-state index in [1.165, 1.54) is 6.42 Å². The quantitative estimate of drug-likeness (QED) is 0.648. The SMILES string of the molecule is CC(C)CC(=O)C(=O)C1CCCCC1. The minimum Gasteiger partial charge on any atom is -0.291 e. The van der Waals surface area contributed by atoms with Crippen molar-refractivity contribution in [3.05, 3.63) is 0 Å². The first-order valence-electron chi connectivity index (χ1n) is 5.68. The zero-order valence-electron chi connectivity index (χ0n) is 9.21. The van der Waals surface area contributed by atoms with Crippen LogP contribution in [-0.2, 0) is 9.59 Å². The maximum absolute atomic E-state index is 11.7. The van der Waals surface area contributed by atoms with Gasteiger partial charge in [0.15, 0.2) is 5.78 Å². The number of carbonyl (C=O) groups is 2. The number of carbonyl (C=O) groups excluding carboxylic acids is 2. The fourth-order valence-corrected chi connectivity index (χ4v) is 2.06. The van der Waals surface area contributed by atoms with Gasteiger partial charge in [-0.15, -0.1) is 0 Å². The smallest absolute Gasteiger partial charge is 0.201 e. The number of ketones is 2. The third kappa shape index (κ3) is 3.24. The zero-order valence-corrected chi connectivity index (χ0v) is 9.21. The van der Waals surface area contributed by atoms with Crippen LogP contribution in [-0.4, -0.2) is 11.6 Å². The van der Waals surface area contributed by atoms with E-state index in [9.17, 15) is 9.59 Å². The summed E-state index contributed by atoms with van der Waals surface area (Å²) in [6.45, 7) is 3.96. The van der Waals surface area contributed by atoms with Crippen molar-refractivity contribution in [1.29, 1.82) is 0 Å². The van der Waals surface area contributed by atoms with Crippen LogP contribution in [0.3, 0.4) is 0 Å². The molecule has 1 aliphatic carbocycles. The monoisotopic (exact) mass is 196 g/mol. The molecule has 0 N–H and O–H groups in total. The molecule has 0 aromatic rings. The molecule has 0 aromatic carbocycles. The molecule has 0 heterocycles. The molecule has 14 heavy (non-hydrogen) atoms. The van der Waals surface area contributed by atoms with Crippen LogP contribution in [0.1, 0.15) is 52.4 Å². The van der Waals surface area contributed by atoms with E-state index in [1.54, 1.807) is 0 Å². The lowest BCUT2D eigenvalue weighted by atomic mass is 9.83. The number of hydrogen-bond acceptors (Lipinski definition) is 2. The standard InChI is InChI=1S/C12H20O2/c1-9(2)8-11(13)12(14)10-6-4-3-5-7-10/h9-10H,3-8H2,1-2H3. The summed E-state index contributed by atoms with van der Waals surface area (Å²) >= 11 is 0. The Morgan fingerprint density at radius 3 is 2.21 bits per heavy atom. The lowest BCUT2D eigenvalue weighted by Gasteiger charge is -2.19. The van der Waals surface area contributed by atoms with Gasteiger partial charge >= 0.3 is 0 Å². The van der Waals surface area contributed by atoms with Crippen LogP contribution in [0.5, 0.6) is 0 Å². The van der Waals surface area contributed by atoms with Crippen molar-refractivity contribution < 1.29 is 9.59 Å². The molecule has 0 amide bonds. The van der Waals surface area contributed by atoms with Gasteiger partial charge in [-0.2, -0.15) is 0 Å². The van der Waals surface area contributed by atoms with Gasteiger partial charge in [0, 0.05) is 12.3 Å². The van der Waals surface area contributed by atoms with Crippen molar-refractivity contribution in [2.45, 2.75) is 52.4 Å². The molecule has 0 unspecified atom stereocenters. The summed E-state index contributed by atoms with van der Waals surface area (Å²) in [5.41, 5.74) is 0. The fourth-order valence-electron chi connectivity index (χ4n) is 2.06. The topological polar surface area (TPSA) is 34.1 Å². The highest BCUT2D eigenvalue weighted by molar-refractivity contribution is 6.37. The Balaban J connectivity index is 2.42. The van der Waals surface area contributed by atoms with Crippen molar-refractivity contribution in [2.24, 2.45) is 11.8 Å². The second-order valence-corrected chi connectivity index (χ2v) is 4.72. The van der Waals surface area contributed by atoms with Gasteiger partial charge in [0.05, 0.1) is 0 Å². The maximum Gasteiger partial charge on any atom is 0.201 e. The molecule has 1 saturated carbocycles. The molecular formula is C12H20O2. The van der Waals surface area contributed by atoms with Gasteiger partial charge in [0.2, 0.25) is 5.78 Å². The van der Waals surface area contributed by atoms with E-state index in [4.69, 9.17) is 0 Å². The van der Waals surface area contributed by atoms with Crippen molar-refractivity contribution in [3.8, 4) is 0 Å². The van der Waals surface area contributed by atoms with E-state index in [1.807, 2.05) is 13.8 Å².